The maximum absolute atomic E-state index is 11.8. The summed E-state index contributed by atoms with van der Waals surface area (Å²) in [5, 5.41) is 3.57. The molecule has 0 spiro atoms. The topological polar surface area (TPSA) is 49.4 Å². The van der Waals surface area contributed by atoms with Crippen LogP contribution in [0.3, 0.4) is 0 Å². The fourth-order valence-corrected chi connectivity index (χ4v) is 4.84. The summed E-state index contributed by atoms with van der Waals surface area (Å²) in [6, 6.07) is 1.17. The van der Waals surface area contributed by atoms with Gasteiger partial charge in [0.1, 0.15) is 0 Å². The Balaban J connectivity index is 2.05. The van der Waals surface area contributed by atoms with Gasteiger partial charge in [-0.25, -0.2) is 8.42 Å². The SMILES string of the molecule is CC(C)C1CN(C2CCCS(=O)(=O)C2)C(C)CN1. The van der Waals surface area contributed by atoms with Crippen molar-refractivity contribution < 1.29 is 8.42 Å². The molecule has 0 aromatic heterocycles. The first kappa shape index (κ1) is 14.3. The smallest absolute Gasteiger partial charge is 0.151 e. The van der Waals surface area contributed by atoms with E-state index in [4.69, 9.17) is 0 Å². The van der Waals surface area contributed by atoms with E-state index in [1.54, 1.807) is 0 Å². The molecule has 5 heteroatoms. The van der Waals surface area contributed by atoms with Gasteiger partial charge in [0.05, 0.1) is 11.5 Å². The minimum Gasteiger partial charge on any atom is -0.311 e. The number of nitrogens with one attached hydrogen (secondary N) is 1. The molecule has 0 aromatic carbocycles. The zero-order valence-corrected chi connectivity index (χ0v) is 12.5. The van der Waals surface area contributed by atoms with Crippen LogP contribution in [-0.2, 0) is 9.84 Å². The predicted octanol–water partition coefficient (Wildman–Crippen LogP) is 0.882. The van der Waals surface area contributed by atoms with Gasteiger partial charge in [0.15, 0.2) is 9.84 Å². The van der Waals surface area contributed by atoms with Crippen LogP contribution in [0.5, 0.6) is 0 Å². The lowest BCUT2D eigenvalue weighted by atomic mass is 9.97. The molecule has 2 saturated heterocycles. The molecule has 2 heterocycles. The average Bonchev–Trinajstić information content (AvgIpc) is 2.27. The van der Waals surface area contributed by atoms with Crippen molar-refractivity contribution in [1.82, 2.24) is 10.2 Å². The van der Waals surface area contributed by atoms with E-state index in [-0.39, 0.29) is 6.04 Å². The molecule has 4 nitrogen and oxygen atoms in total. The lowest BCUT2D eigenvalue weighted by Gasteiger charge is -2.45. The third kappa shape index (κ3) is 3.25. The highest BCUT2D eigenvalue weighted by Gasteiger charge is 2.35. The van der Waals surface area contributed by atoms with Gasteiger partial charge in [-0.15, -0.1) is 0 Å². The normalized spacial score (nSPS) is 37.9. The van der Waals surface area contributed by atoms with E-state index in [9.17, 15) is 8.42 Å². The van der Waals surface area contributed by atoms with Gasteiger partial charge in [0.25, 0.3) is 0 Å². The van der Waals surface area contributed by atoms with Crippen LogP contribution in [0.4, 0.5) is 0 Å². The number of rotatable bonds is 2. The molecule has 2 rings (SSSR count). The second kappa shape index (κ2) is 5.47. The first-order chi connectivity index (χ1) is 8.39. The predicted molar refractivity (Wildman–Crippen MR) is 74.5 cm³/mol. The maximum atomic E-state index is 11.8. The Morgan fingerprint density at radius 2 is 2.06 bits per heavy atom. The summed E-state index contributed by atoms with van der Waals surface area (Å²) in [4.78, 5) is 2.43. The summed E-state index contributed by atoms with van der Waals surface area (Å²) in [6.45, 7) is 8.61. The van der Waals surface area contributed by atoms with Crippen molar-refractivity contribution in [3.8, 4) is 0 Å². The van der Waals surface area contributed by atoms with Crippen LogP contribution in [0.15, 0.2) is 0 Å². The van der Waals surface area contributed by atoms with E-state index in [1.807, 2.05) is 0 Å². The summed E-state index contributed by atoms with van der Waals surface area (Å²) in [6.07, 6.45) is 1.87. The maximum Gasteiger partial charge on any atom is 0.151 e. The van der Waals surface area contributed by atoms with E-state index in [0.29, 0.717) is 29.5 Å². The van der Waals surface area contributed by atoms with Crippen molar-refractivity contribution in [3.63, 3.8) is 0 Å². The summed E-state index contributed by atoms with van der Waals surface area (Å²) < 4.78 is 23.6. The average molecular weight is 274 g/mol. The molecule has 3 atom stereocenters. The zero-order chi connectivity index (χ0) is 13.3. The van der Waals surface area contributed by atoms with Crippen molar-refractivity contribution in [3.05, 3.63) is 0 Å². The molecule has 1 N–H and O–H groups in total. The Morgan fingerprint density at radius 3 is 2.67 bits per heavy atom. The summed E-state index contributed by atoms with van der Waals surface area (Å²) >= 11 is 0. The lowest BCUT2D eigenvalue weighted by molar-refractivity contribution is 0.0809. The first-order valence-electron chi connectivity index (χ1n) is 7.08. The highest BCUT2D eigenvalue weighted by Crippen LogP contribution is 2.23. The summed E-state index contributed by atoms with van der Waals surface area (Å²) in [5.41, 5.74) is 0. The van der Waals surface area contributed by atoms with E-state index in [2.05, 4.69) is 31.0 Å². The highest BCUT2D eigenvalue weighted by atomic mass is 32.2. The van der Waals surface area contributed by atoms with Gasteiger partial charge in [-0.05, 0) is 25.7 Å². The molecule has 2 aliphatic heterocycles. The first-order valence-corrected chi connectivity index (χ1v) is 8.91. The highest BCUT2D eigenvalue weighted by molar-refractivity contribution is 7.91. The van der Waals surface area contributed by atoms with E-state index < -0.39 is 9.84 Å². The molecule has 0 radical (unpaired) electrons. The molecule has 18 heavy (non-hydrogen) atoms. The fourth-order valence-electron chi connectivity index (χ4n) is 3.13. The van der Waals surface area contributed by atoms with Gasteiger partial charge in [-0.2, -0.15) is 0 Å². The number of piperazine rings is 1. The Bertz CT molecular complexity index is 380. The van der Waals surface area contributed by atoms with Crippen LogP contribution in [0, 0.1) is 5.92 Å². The molecule has 0 aromatic rings. The molecule has 0 saturated carbocycles. The second-order valence-corrected chi connectivity index (χ2v) is 8.44. The number of nitrogens with zero attached hydrogens (tertiary/aromatic N) is 1. The fraction of sp³-hybridized carbons (Fsp3) is 1.00. The minimum atomic E-state index is -2.80. The van der Waals surface area contributed by atoms with Gasteiger partial charge >= 0.3 is 0 Å². The Hall–Kier alpha value is -0.130. The van der Waals surface area contributed by atoms with Crippen LogP contribution in [0.2, 0.25) is 0 Å². The monoisotopic (exact) mass is 274 g/mol. The molecule has 0 bridgehead atoms. The van der Waals surface area contributed by atoms with Gasteiger partial charge in [-0.3, -0.25) is 4.90 Å². The number of hydrogen-bond donors (Lipinski definition) is 1. The van der Waals surface area contributed by atoms with Gasteiger partial charge in [0, 0.05) is 31.2 Å². The van der Waals surface area contributed by atoms with Crippen LogP contribution in [-0.4, -0.2) is 56.0 Å². The standard InChI is InChI=1S/C13H26N2O2S/c1-10(2)13-8-15(11(3)7-14-13)12-5-4-6-18(16,17)9-12/h10-14H,4-9H2,1-3H3. The largest absolute Gasteiger partial charge is 0.311 e. The van der Waals surface area contributed by atoms with E-state index in [1.165, 1.54) is 0 Å². The molecule has 2 aliphatic rings. The molecular formula is C13H26N2O2S. The van der Waals surface area contributed by atoms with Crippen molar-refractivity contribution >= 4 is 9.84 Å². The van der Waals surface area contributed by atoms with Gasteiger partial charge in [0.2, 0.25) is 0 Å². The third-order valence-corrected chi connectivity index (χ3v) is 6.17. The summed E-state index contributed by atoms with van der Waals surface area (Å²) in [7, 11) is -2.80. The van der Waals surface area contributed by atoms with E-state index in [0.717, 1.165) is 25.9 Å². The Morgan fingerprint density at radius 1 is 1.33 bits per heavy atom. The van der Waals surface area contributed by atoms with Crippen molar-refractivity contribution in [2.24, 2.45) is 5.92 Å². The van der Waals surface area contributed by atoms with Crippen molar-refractivity contribution in [2.45, 2.75) is 51.7 Å². The molecule has 0 aliphatic carbocycles. The molecule has 2 fully saturated rings. The van der Waals surface area contributed by atoms with Crippen LogP contribution >= 0.6 is 0 Å². The zero-order valence-electron chi connectivity index (χ0n) is 11.7. The third-order valence-electron chi connectivity index (χ3n) is 4.36. The van der Waals surface area contributed by atoms with Gasteiger partial charge < -0.3 is 5.32 Å². The van der Waals surface area contributed by atoms with Gasteiger partial charge in [-0.1, -0.05) is 13.8 Å². The van der Waals surface area contributed by atoms with Crippen LogP contribution in [0.1, 0.15) is 33.6 Å². The molecule has 0 amide bonds. The number of hydrogen-bond acceptors (Lipinski definition) is 4. The van der Waals surface area contributed by atoms with E-state index >= 15 is 0 Å². The quantitative estimate of drug-likeness (QED) is 0.812. The number of sulfone groups is 1. The molecule has 106 valence electrons. The lowest BCUT2D eigenvalue weighted by Crippen LogP contribution is -2.61. The summed E-state index contributed by atoms with van der Waals surface area (Å²) in [5.74, 6) is 1.35. The van der Waals surface area contributed by atoms with Crippen LogP contribution < -0.4 is 5.32 Å². The Kier molecular flexibility index (Phi) is 4.34. The second-order valence-electron chi connectivity index (χ2n) is 6.21. The van der Waals surface area contributed by atoms with Crippen molar-refractivity contribution in [1.29, 1.82) is 0 Å². The molecular weight excluding hydrogens is 248 g/mol. The van der Waals surface area contributed by atoms with Crippen LogP contribution in [0.25, 0.3) is 0 Å². The Labute approximate surface area is 111 Å². The minimum absolute atomic E-state index is 0.238. The molecule has 3 unspecified atom stereocenters. The van der Waals surface area contributed by atoms with Crippen molar-refractivity contribution in [2.75, 3.05) is 24.6 Å².